The number of hydrogen-bond donors (Lipinski definition) is 8. The first kappa shape index (κ1) is 31.1. The van der Waals surface area contributed by atoms with E-state index in [0.717, 1.165) is 6.07 Å². The van der Waals surface area contributed by atoms with Gasteiger partial charge in [0, 0.05) is 12.1 Å². The number of phenolic OH excluding ortho intramolecular Hbond substituents is 1. The van der Waals surface area contributed by atoms with Gasteiger partial charge in [-0.2, -0.15) is 0 Å². The van der Waals surface area contributed by atoms with E-state index in [-0.39, 0.29) is 22.3 Å². The predicted molar refractivity (Wildman–Crippen MR) is 143 cm³/mol. The number of hydrogen-bond acceptors (Lipinski definition) is 15. The van der Waals surface area contributed by atoms with Gasteiger partial charge in [0.15, 0.2) is 6.29 Å². The molecular weight excluding hydrogens is 576 g/mol. The Morgan fingerprint density at radius 1 is 0.791 bits per heavy atom. The van der Waals surface area contributed by atoms with Crippen LogP contribution in [0.5, 0.6) is 17.2 Å². The number of methoxy groups -OCH3 is 1. The van der Waals surface area contributed by atoms with Crippen LogP contribution in [0.15, 0.2) is 51.9 Å². The number of fused-ring (bicyclic) bond motifs is 1. The van der Waals surface area contributed by atoms with Crippen LogP contribution in [0.1, 0.15) is 0 Å². The Balaban J connectivity index is 1.32. The summed E-state index contributed by atoms with van der Waals surface area (Å²) in [6.07, 6.45) is -14.8. The molecule has 0 spiro atoms. The molecule has 0 aliphatic carbocycles. The third kappa shape index (κ3) is 6.05. The van der Waals surface area contributed by atoms with Crippen LogP contribution >= 0.6 is 0 Å². The second-order valence-corrected chi connectivity index (χ2v) is 10.2. The highest BCUT2D eigenvalue weighted by molar-refractivity contribution is 5.88. The van der Waals surface area contributed by atoms with Gasteiger partial charge in [0.2, 0.25) is 11.7 Å². The largest absolute Gasteiger partial charge is 0.507 e. The van der Waals surface area contributed by atoms with E-state index < -0.39 is 85.8 Å². The summed E-state index contributed by atoms with van der Waals surface area (Å²) >= 11 is 0. The summed E-state index contributed by atoms with van der Waals surface area (Å²) in [4.78, 5) is 13.2. The molecule has 0 radical (unpaired) electrons. The van der Waals surface area contributed by atoms with E-state index in [4.69, 9.17) is 28.1 Å². The van der Waals surface area contributed by atoms with Gasteiger partial charge >= 0.3 is 0 Å². The molecule has 0 saturated carbocycles. The highest BCUT2D eigenvalue weighted by atomic mass is 16.7. The Labute approximate surface area is 243 Å². The van der Waals surface area contributed by atoms with Gasteiger partial charge in [-0.25, -0.2) is 0 Å². The molecule has 43 heavy (non-hydrogen) atoms. The zero-order valence-corrected chi connectivity index (χ0v) is 22.7. The molecule has 2 aromatic carbocycles. The minimum Gasteiger partial charge on any atom is -0.507 e. The second-order valence-electron chi connectivity index (χ2n) is 10.2. The molecule has 0 amide bonds. The van der Waals surface area contributed by atoms with Gasteiger partial charge in [0.25, 0.3) is 0 Å². The summed E-state index contributed by atoms with van der Waals surface area (Å²) in [6.45, 7) is -1.24. The second kappa shape index (κ2) is 12.7. The van der Waals surface area contributed by atoms with Crippen LogP contribution in [0.2, 0.25) is 0 Å². The first-order chi connectivity index (χ1) is 20.5. The quantitative estimate of drug-likeness (QED) is 0.140. The number of ether oxygens (including phenoxy) is 5. The molecule has 0 bridgehead atoms. The average Bonchev–Trinajstić information content (AvgIpc) is 3.00. The molecule has 5 rings (SSSR count). The maximum Gasteiger partial charge on any atom is 0.229 e. The lowest BCUT2D eigenvalue weighted by molar-refractivity contribution is -0.323. The number of phenols is 1. The minimum absolute atomic E-state index is 0.0503. The third-order valence-corrected chi connectivity index (χ3v) is 7.43. The van der Waals surface area contributed by atoms with E-state index in [9.17, 15) is 45.6 Å². The van der Waals surface area contributed by atoms with Gasteiger partial charge in [-0.15, -0.1) is 0 Å². The summed E-state index contributed by atoms with van der Waals surface area (Å²) in [6, 6.07) is 9.00. The Morgan fingerprint density at radius 2 is 1.42 bits per heavy atom. The highest BCUT2D eigenvalue weighted by Gasteiger charge is 2.48. The molecule has 15 nitrogen and oxygen atoms in total. The summed E-state index contributed by atoms with van der Waals surface area (Å²) in [7, 11) is 1.51. The third-order valence-electron chi connectivity index (χ3n) is 7.43. The topological polar surface area (TPSA) is 238 Å². The van der Waals surface area contributed by atoms with Crippen molar-refractivity contribution in [3.63, 3.8) is 0 Å². The lowest BCUT2D eigenvalue weighted by Crippen LogP contribution is -2.62. The van der Waals surface area contributed by atoms with E-state index in [2.05, 4.69) is 0 Å². The molecule has 15 heteroatoms. The number of rotatable bonds is 8. The van der Waals surface area contributed by atoms with Crippen molar-refractivity contribution in [3.8, 4) is 28.4 Å². The SMILES string of the molecule is COc1ccc(-c2coc3cc(O[C@@H]4O[C@H](CO[C@@H]5O[C@@H](CO)[C@H](O)[C@H](O)[C@H]5O)[C@@H](O)[C@@H](O)[C@H]4O)cc(O)c3c2=O)cc1. The first-order valence-electron chi connectivity index (χ1n) is 13.3. The molecular formula is C28H32O15. The fourth-order valence-corrected chi connectivity index (χ4v) is 4.93. The van der Waals surface area contributed by atoms with Crippen molar-refractivity contribution >= 4 is 11.0 Å². The van der Waals surface area contributed by atoms with Gasteiger partial charge in [-0.3, -0.25) is 4.79 Å². The van der Waals surface area contributed by atoms with Crippen molar-refractivity contribution in [2.24, 2.45) is 0 Å². The number of aliphatic hydroxyl groups excluding tert-OH is 7. The van der Waals surface area contributed by atoms with Crippen LogP contribution in [0.4, 0.5) is 0 Å². The molecule has 10 atom stereocenters. The van der Waals surface area contributed by atoms with Crippen LogP contribution in [0, 0.1) is 0 Å². The molecule has 2 saturated heterocycles. The van der Waals surface area contributed by atoms with E-state index in [1.807, 2.05) is 0 Å². The van der Waals surface area contributed by atoms with Crippen molar-refractivity contribution in [1.29, 1.82) is 0 Å². The molecule has 3 heterocycles. The van der Waals surface area contributed by atoms with Gasteiger partial charge in [0.05, 0.1) is 25.9 Å². The van der Waals surface area contributed by atoms with Crippen LogP contribution in [-0.2, 0) is 14.2 Å². The normalized spacial score (nSPS) is 32.9. The summed E-state index contributed by atoms with van der Waals surface area (Å²) < 4.78 is 32.6. The zero-order chi connectivity index (χ0) is 31.0. The Morgan fingerprint density at radius 3 is 2.07 bits per heavy atom. The summed E-state index contributed by atoms with van der Waals surface area (Å²) in [5, 5.41) is 81.3. The molecule has 2 aliphatic heterocycles. The molecule has 2 aliphatic rings. The van der Waals surface area contributed by atoms with Crippen LogP contribution in [0.3, 0.4) is 0 Å². The van der Waals surface area contributed by atoms with Gasteiger partial charge in [-0.05, 0) is 17.7 Å². The van der Waals surface area contributed by atoms with Crippen molar-refractivity contribution in [1.82, 2.24) is 0 Å². The highest BCUT2D eigenvalue weighted by Crippen LogP contribution is 2.33. The number of aromatic hydroxyl groups is 1. The Hall–Kier alpha value is -3.35. The first-order valence-corrected chi connectivity index (χ1v) is 13.3. The molecule has 234 valence electrons. The standard InChI is InChI=1S/C28H32O15/c1-38-12-4-2-11(3-5-12)14-9-39-16-7-13(6-15(30)19(16)20(14)31)41-28-26(37)24(35)22(33)18(43-28)10-40-27-25(36)23(34)21(32)17(8-29)42-27/h2-7,9,17-18,21-30,32-37H,8,10H2,1H3/t17-,18+,21-,22+,23-,24+,25+,26+,27+,28+/m0/s1. The minimum atomic E-state index is -1.79. The predicted octanol–water partition coefficient (Wildman–Crippen LogP) is -1.82. The average molecular weight is 609 g/mol. The van der Waals surface area contributed by atoms with Crippen LogP contribution in [0.25, 0.3) is 22.1 Å². The van der Waals surface area contributed by atoms with E-state index in [1.54, 1.807) is 24.3 Å². The Bertz CT molecular complexity index is 1460. The zero-order valence-electron chi connectivity index (χ0n) is 22.7. The van der Waals surface area contributed by atoms with E-state index in [1.165, 1.54) is 19.4 Å². The van der Waals surface area contributed by atoms with Crippen molar-refractivity contribution in [2.75, 3.05) is 20.3 Å². The van der Waals surface area contributed by atoms with E-state index in [0.29, 0.717) is 11.3 Å². The van der Waals surface area contributed by atoms with Gasteiger partial charge < -0.3 is 69.0 Å². The van der Waals surface area contributed by atoms with E-state index >= 15 is 0 Å². The monoisotopic (exact) mass is 608 g/mol. The summed E-state index contributed by atoms with van der Waals surface area (Å²) in [5.74, 6) is -0.0254. The number of benzene rings is 2. The van der Waals surface area contributed by atoms with Gasteiger partial charge in [0.1, 0.15) is 83.3 Å². The maximum absolute atomic E-state index is 13.2. The van der Waals surface area contributed by atoms with Crippen LogP contribution in [-0.4, -0.2) is 123 Å². The maximum atomic E-state index is 13.2. The Kier molecular flexibility index (Phi) is 9.19. The lowest BCUT2D eigenvalue weighted by atomic mass is 9.98. The summed E-state index contributed by atoms with van der Waals surface area (Å²) in [5.41, 5.74) is 0.142. The molecule has 3 aromatic rings. The fraction of sp³-hybridized carbons (Fsp3) is 0.464. The van der Waals surface area contributed by atoms with Crippen LogP contribution < -0.4 is 14.9 Å². The lowest BCUT2D eigenvalue weighted by Gasteiger charge is -2.42. The van der Waals surface area contributed by atoms with Crippen molar-refractivity contribution in [2.45, 2.75) is 61.4 Å². The molecule has 1 aromatic heterocycles. The fourth-order valence-electron chi connectivity index (χ4n) is 4.93. The van der Waals surface area contributed by atoms with Crippen molar-refractivity contribution in [3.05, 3.63) is 52.9 Å². The van der Waals surface area contributed by atoms with Gasteiger partial charge in [-0.1, -0.05) is 12.1 Å². The molecule has 0 unspecified atom stereocenters. The molecule has 8 N–H and O–H groups in total. The number of aliphatic hydroxyl groups is 7. The smallest absolute Gasteiger partial charge is 0.229 e. The van der Waals surface area contributed by atoms with Crippen molar-refractivity contribution < 1.29 is 69.0 Å². The molecule has 2 fully saturated rings.